The van der Waals surface area contributed by atoms with Crippen molar-refractivity contribution in [1.82, 2.24) is 0 Å². The molecule has 0 saturated heterocycles. The van der Waals surface area contributed by atoms with Gasteiger partial charge in [-0.15, -0.1) is 0 Å². The van der Waals surface area contributed by atoms with Crippen LogP contribution in [-0.2, 0) is 6.54 Å². The Kier molecular flexibility index (Phi) is 3.99. The van der Waals surface area contributed by atoms with Gasteiger partial charge in [-0.1, -0.05) is 36.0 Å². The standard InChI is InChI=1S/C19H24NS/c1-5-20-17-11-13(2)6-7-18(17)21-19(20)12-16-9-14(3)8-15(4)10-16/h6-7,9,11-12,15H,5,8,10H2,1-4H3/q+1. The summed E-state index contributed by atoms with van der Waals surface area (Å²) in [5.41, 5.74) is 5.71. The van der Waals surface area contributed by atoms with Crippen LogP contribution in [0.4, 0.5) is 0 Å². The van der Waals surface area contributed by atoms with Crippen molar-refractivity contribution >= 4 is 27.6 Å². The van der Waals surface area contributed by atoms with Gasteiger partial charge < -0.3 is 0 Å². The van der Waals surface area contributed by atoms with E-state index in [0.717, 1.165) is 12.5 Å². The van der Waals surface area contributed by atoms with Gasteiger partial charge in [0.2, 0.25) is 5.52 Å². The minimum absolute atomic E-state index is 0.771. The largest absolute Gasteiger partial charge is 0.263 e. The van der Waals surface area contributed by atoms with Crippen molar-refractivity contribution in [2.75, 3.05) is 0 Å². The lowest BCUT2D eigenvalue weighted by Gasteiger charge is -2.18. The van der Waals surface area contributed by atoms with Crippen LogP contribution >= 0.6 is 11.3 Å². The molecular weight excluding hydrogens is 274 g/mol. The smallest absolute Gasteiger partial charge is 0.182 e. The Morgan fingerprint density at radius 2 is 2.10 bits per heavy atom. The molecule has 1 nitrogen and oxygen atoms in total. The summed E-state index contributed by atoms with van der Waals surface area (Å²) in [5, 5.41) is 1.38. The van der Waals surface area contributed by atoms with Crippen molar-refractivity contribution in [2.45, 2.75) is 47.1 Å². The van der Waals surface area contributed by atoms with E-state index in [0.29, 0.717) is 0 Å². The second-order valence-electron chi connectivity index (χ2n) is 6.38. The second-order valence-corrected chi connectivity index (χ2v) is 7.44. The van der Waals surface area contributed by atoms with Gasteiger partial charge in [0.1, 0.15) is 11.2 Å². The molecule has 110 valence electrons. The van der Waals surface area contributed by atoms with Crippen molar-refractivity contribution in [3.8, 4) is 0 Å². The van der Waals surface area contributed by atoms with Gasteiger partial charge in [-0.3, -0.25) is 0 Å². The van der Waals surface area contributed by atoms with Crippen LogP contribution in [0.1, 0.15) is 44.2 Å². The van der Waals surface area contributed by atoms with Crippen molar-refractivity contribution < 1.29 is 4.57 Å². The molecule has 1 aromatic carbocycles. The number of rotatable bonds is 2. The molecule has 1 heterocycles. The van der Waals surface area contributed by atoms with Crippen molar-refractivity contribution in [3.63, 3.8) is 0 Å². The first-order valence-corrected chi connectivity index (χ1v) is 8.69. The summed E-state index contributed by atoms with van der Waals surface area (Å²) >= 11 is 1.91. The van der Waals surface area contributed by atoms with Gasteiger partial charge in [0, 0.05) is 12.1 Å². The third-order valence-electron chi connectivity index (χ3n) is 4.20. The molecule has 1 aromatic heterocycles. The molecule has 0 N–H and O–H groups in total. The summed E-state index contributed by atoms with van der Waals surface area (Å²) in [4.78, 5) is 0. The Balaban J connectivity index is 2.10. The minimum Gasteiger partial charge on any atom is -0.182 e. The highest BCUT2D eigenvalue weighted by molar-refractivity contribution is 7.18. The molecule has 0 spiro atoms. The summed E-state index contributed by atoms with van der Waals surface area (Å²) in [6.45, 7) is 10.0. The van der Waals surface area contributed by atoms with E-state index < -0.39 is 0 Å². The number of thiazole rings is 1. The molecule has 3 rings (SSSR count). The topological polar surface area (TPSA) is 3.88 Å². The van der Waals surface area contributed by atoms with Gasteiger partial charge in [-0.2, -0.15) is 4.57 Å². The Labute approximate surface area is 131 Å². The maximum absolute atomic E-state index is 2.45. The van der Waals surface area contributed by atoms with Crippen LogP contribution in [0.2, 0.25) is 0 Å². The average Bonchev–Trinajstić information content (AvgIpc) is 2.73. The molecule has 0 amide bonds. The Hall–Kier alpha value is -1.41. The van der Waals surface area contributed by atoms with Crippen LogP contribution in [-0.4, -0.2) is 0 Å². The van der Waals surface area contributed by atoms with E-state index in [9.17, 15) is 0 Å². The number of allylic oxidation sites excluding steroid dienone is 3. The normalized spacial score (nSPS) is 21.0. The van der Waals surface area contributed by atoms with Crippen molar-refractivity contribution in [2.24, 2.45) is 5.92 Å². The summed E-state index contributed by atoms with van der Waals surface area (Å²) in [6, 6.07) is 6.78. The van der Waals surface area contributed by atoms with Crippen LogP contribution < -0.4 is 4.57 Å². The summed E-state index contributed by atoms with van der Waals surface area (Å²) in [7, 11) is 0. The summed E-state index contributed by atoms with van der Waals surface area (Å²) < 4.78 is 3.83. The zero-order chi connectivity index (χ0) is 15.0. The van der Waals surface area contributed by atoms with E-state index >= 15 is 0 Å². The Morgan fingerprint density at radius 3 is 2.81 bits per heavy atom. The van der Waals surface area contributed by atoms with Crippen LogP contribution in [0.3, 0.4) is 0 Å². The van der Waals surface area contributed by atoms with E-state index in [1.165, 1.54) is 44.8 Å². The van der Waals surface area contributed by atoms with Gasteiger partial charge in [-0.05, 0) is 56.7 Å². The van der Waals surface area contributed by atoms with E-state index in [-0.39, 0.29) is 0 Å². The fourth-order valence-corrected chi connectivity index (χ4v) is 4.55. The lowest BCUT2D eigenvalue weighted by molar-refractivity contribution is -0.665. The van der Waals surface area contributed by atoms with E-state index in [2.05, 4.69) is 62.6 Å². The molecule has 1 atom stereocenters. The van der Waals surface area contributed by atoms with Crippen LogP contribution in [0.15, 0.2) is 35.4 Å². The van der Waals surface area contributed by atoms with Gasteiger partial charge in [-0.25, -0.2) is 0 Å². The molecule has 1 aliphatic rings. The molecule has 0 aliphatic heterocycles. The number of hydrogen-bond acceptors (Lipinski definition) is 1. The maximum atomic E-state index is 2.45. The number of aromatic nitrogens is 1. The highest BCUT2D eigenvalue weighted by atomic mass is 32.1. The second kappa shape index (κ2) is 5.76. The molecule has 2 aromatic rings. The average molecular weight is 298 g/mol. The minimum atomic E-state index is 0.771. The predicted molar refractivity (Wildman–Crippen MR) is 92.6 cm³/mol. The highest BCUT2D eigenvalue weighted by Crippen LogP contribution is 2.30. The number of aryl methyl sites for hydroxylation is 2. The van der Waals surface area contributed by atoms with Crippen LogP contribution in [0, 0.1) is 12.8 Å². The van der Waals surface area contributed by atoms with Gasteiger partial charge in [0.15, 0.2) is 0 Å². The number of benzene rings is 1. The monoisotopic (exact) mass is 298 g/mol. The number of hydrogen-bond donors (Lipinski definition) is 0. The number of fused-ring (bicyclic) bond motifs is 1. The summed E-state index contributed by atoms with van der Waals surface area (Å²) in [6.07, 6.45) is 7.24. The molecule has 2 heteroatoms. The highest BCUT2D eigenvalue weighted by Gasteiger charge is 2.19. The van der Waals surface area contributed by atoms with Gasteiger partial charge in [0.05, 0.1) is 0 Å². The van der Waals surface area contributed by atoms with Crippen molar-refractivity contribution in [1.29, 1.82) is 0 Å². The van der Waals surface area contributed by atoms with Crippen LogP contribution in [0.25, 0.3) is 16.3 Å². The van der Waals surface area contributed by atoms with Crippen LogP contribution in [0.5, 0.6) is 0 Å². The third-order valence-corrected chi connectivity index (χ3v) is 5.31. The lowest BCUT2D eigenvalue weighted by atomic mass is 9.88. The molecule has 0 fully saturated rings. The Morgan fingerprint density at radius 1 is 1.29 bits per heavy atom. The molecule has 0 saturated carbocycles. The quantitative estimate of drug-likeness (QED) is 0.664. The first kappa shape index (κ1) is 14.5. The van der Waals surface area contributed by atoms with Gasteiger partial charge in [0.25, 0.3) is 5.01 Å². The zero-order valence-corrected chi connectivity index (χ0v) is 14.3. The van der Waals surface area contributed by atoms with Gasteiger partial charge >= 0.3 is 0 Å². The fourth-order valence-electron chi connectivity index (χ4n) is 3.36. The zero-order valence-electron chi connectivity index (χ0n) is 13.4. The van der Waals surface area contributed by atoms with E-state index in [4.69, 9.17) is 0 Å². The Bertz CT molecular complexity index is 733. The van der Waals surface area contributed by atoms with E-state index in [1.807, 2.05) is 11.3 Å². The molecule has 1 aliphatic carbocycles. The molecule has 21 heavy (non-hydrogen) atoms. The molecule has 1 unspecified atom stereocenters. The first-order chi connectivity index (χ1) is 10.1. The summed E-state index contributed by atoms with van der Waals surface area (Å²) in [5.74, 6) is 0.771. The predicted octanol–water partition coefficient (Wildman–Crippen LogP) is 5.28. The molecular formula is C19H24NS+. The van der Waals surface area contributed by atoms with E-state index in [1.54, 1.807) is 0 Å². The lowest BCUT2D eigenvalue weighted by Crippen LogP contribution is -2.33. The fraction of sp³-hybridized carbons (Fsp3) is 0.421. The third kappa shape index (κ3) is 2.96. The van der Waals surface area contributed by atoms with Crippen molar-refractivity contribution in [3.05, 3.63) is 46.0 Å². The molecule has 0 bridgehead atoms. The maximum Gasteiger partial charge on any atom is 0.263 e. The first-order valence-electron chi connectivity index (χ1n) is 7.87. The number of nitrogens with zero attached hydrogens (tertiary/aromatic N) is 1. The SMILES string of the molecule is CC[n+]1c(C=C2C=C(C)CC(C)C2)sc2ccc(C)cc21. The molecule has 0 radical (unpaired) electrons.